The average Bonchev–Trinajstić information content (AvgIpc) is 3.26. The van der Waals surface area contributed by atoms with E-state index in [9.17, 15) is 0 Å². The van der Waals surface area contributed by atoms with Crippen molar-refractivity contribution in [3.8, 4) is 0 Å². The predicted octanol–water partition coefficient (Wildman–Crippen LogP) is 7.43. The fraction of sp³-hybridized carbons (Fsp3) is 0.312. The van der Waals surface area contributed by atoms with Crippen molar-refractivity contribution >= 4 is 23.1 Å². The fourth-order valence-electron chi connectivity index (χ4n) is 5.01. The number of anilines is 3. The van der Waals surface area contributed by atoms with Gasteiger partial charge >= 0.3 is 0 Å². The smallest absolute Gasteiger partial charge is 0.0984 e. The highest BCUT2D eigenvalue weighted by molar-refractivity contribution is 5.62. The molecule has 3 aromatic carbocycles. The first kappa shape index (κ1) is 25.4. The van der Waals surface area contributed by atoms with Crippen LogP contribution >= 0.6 is 0 Å². The second kappa shape index (κ2) is 11.9. The van der Waals surface area contributed by atoms with E-state index in [1.54, 1.807) is 0 Å². The van der Waals surface area contributed by atoms with Gasteiger partial charge < -0.3 is 9.80 Å². The number of benzene rings is 3. The van der Waals surface area contributed by atoms with Crippen molar-refractivity contribution in [1.29, 1.82) is 0 Å². The van der Waals surface area contributed by atoms with Crippen LogP contribution in [0.5, 0.6) is 0 Å². The summed E-state index contributed by atoms with van der Waals surface area (Å²) in [5.74, 6) is 0. The Hall–Kier alpha value is -3.66. The predicted molar refractivity (Wildman–Crippen MR) is 157 cm³/mol. The van der Waals surface area contributed by atoms with Crippen LogP contribution in [0.25, 0.3) is 6.08 Å². The molecule has 3 aromatic rings. The van der Waals surface area contributed by atoms with Crippen molar-refractivity contribution in [1.82, 2.24) is 5.43 Å². The first-order valence-electron chi connectivity index (χ1n) is 13.3. The molecule has 0 radical (unpaired) electrons. The van der Waals surface area contributed by atoms with Crippen molar-refractivity contribution in [2.24, 2.45) is 0 Å². The lowest BCUT2D eigenvalue weighted by atomic mass is 9.98. The van der Waals surface area contributed by atoms with Gasteiger partial charge in [0.15, 0.2) is 0 Å². The number of hydrogen-bond donors (Lipinski definition) is 1. The Morgan fingerprint density at radius 1 is 0.694 bits per heavy atom. The molecular weight excluding hydrogens is 440 g/mol. The molecule has 4 heteroatoms. The zero-order chi connectivity index (χ0) is 25.5. The number of rotatable bonds is 10. The van der Waals surface area contributed by atoms with Crippen LogP contribution in [-0.2, 0) is 0 Å². The number of para-hydroxylation sites is 1. The molecule has 0 bridgehead atoms. The minimum Gasteiger partial charge on any atom is -0.372 e. The summed E-state index contributed by atoms with van der Waals surface area (Å²) in [6.45, 7) is 15.1. The zero-order valence-electron chi connectivity index (χ0n) is 22.4. The van der Waals surface area contributed by atoms with Crippen LogP contribution in [-0.4, -0.2) is 26.2 Å². The monoisotopic (exact) mass is 480 g/mol. The molecule has 0 saturated carbocycles. The molecular formula is C32H40N4. The summed E-state index contributed by atoms with van der Waals surface area (Å²) < 4.78 is 0. The number of nitrogens with zero attached hydrogens (tertiary/aromatic N) is 3. The minimum atomic E-state index is 0.128. The molecule has 0 amide bonds. The van der Waals surface area contributed by atoms with Crippen LogP contribution < -0.4 is 20.2 Å². The van der Waals surface area contributed by atoms with Crippen LogP contribution in [0.15, 0.2) is 96.2 Å². The van der Waals surface area contributed by atoms with E-state index < -0.39 is 0 Å². The number of allylic oxidation sites excluding steroid dienone is 1. The van der Waals surface area contributed by atoms with Gasteiger partial charge in [0.2, 0.25) is 0 Å². The minimum absolute atomic E-state index is 0.128. The molecule has 1 N–H and O–H groups in total. The lowest BCUT2D eigenvalue weighted by molar-refractivity contribution is 0.696. The fourth-order valence-corrected chi connectivity index (χ4v) is 5.01. The molecule has 1 aliphatic rings. The maximum atomic E-state index is 3.69. The highest BCUT2D eigenvalue weighted by Gasteiger charge is 2.30. The summed E-state index contributed by atoms with van der Waals surface area (Å²) >= 11 is 0. The van der Waals surface area contributed by atoms with Crippen molar-refractivity contribution in [3.63, 3.8) is 0 Å². The zero-order valence-corrected chi connectivity index (χ0v) is 22.4. The SMILES string of the molecule is CCN(CC)c1ccc(C=CC2=C(C)C(c3ccc(N(CC)CC)cc3)N(c3ccccc3)N2)cc1. The van der Waals surface area contributed by atoms with Gasteiger partial charge in [0.1, 0.15) is 0 Å². The molecule has 36 heavy (non-hydrogen) atoms. The standard InChI is InChI=1S/C32H40N4/c1-6-34(7-2)28-20-15-26(16-21-28)17-24-31-25(5)32(36(33-31)30-13-11-10-12-14-30)27-18-22-29(23-19-27)35(8-3)9-4/h10-24,32-33H,6-9H2,1-5H3. The molecule has 0 aliphatic carbocycles. The van der Waals surface area contributed by atoms with E-state index in [4.69, 9.17) is 0 Å². The van der Waals surface area contributed by atoms with Crippen molar-refractivity contribution in [2.75, 3.05) is 41.0 Å². The van der Waals surface area contributed by atoms with Crippen molar-refractivity contribution in [2.45, 2.75) is 40.7 Å². The van der Waals surface area contributed by atoms with Crippen LogP contribution in [0.1, 0.15) is 51.8 Å². The molecule has 1 heterocycles. The summed E-state index contributed by atoms with van der Waals surface area (Å²) in [5, 5.41) is 2.28. The van der Waals surface area contributed by atoms with E-state index in [0.29, 0.717) is 0 Å². The van der Waals surface area contributed by atoms with E-state index in [0.717, 1.165) is 37.6 Å². The third kappa shape index (κ3) is 5.43. The molecule has 0 fully saturated rings. The Bertz CT molecular complexity index is 1160. The maximum absolute atomic E-state index is 3.69. The molecule has 4 nitrogen and oxygen atoms in total. The number of hydrogen-bond acceptors (Lipinski definition) is 4. The maximum Gasteiger partial charge on any atom is 0.0984 e. The highest BCUT2D eigenvalue weighted by Crippen LogP contribution is 2.38. The molecule has 0 saturated heterocycles. The molecule has 0 spiro atoms. The highest BCUT2D eigenvalue weighted by atomic mass is 15.5. The lowest BCUT2D eigenvalue weighted by Gasteiger charge is -2.29. The number of nitrogens with one attached hydrogen (secondary N) is 1. The van der Waals surface area contributed by atoms with Gasteiger partial charge in [-0.15, -0.1) is 0 Å². The quantitative estimate of drug-likeness (QED) is 0.326. The van der Waals surface area contributed by atoms with Crippen LogP contribution in [0.4, 0.5) is 17.1 Å². The van der Waals surface area contributed by atoms with Crippen LogP contribution in [0, 0.1) is 0 Å². The molecule has 4 rings (SSSR count). The first-order valence-corrected chi connectivity index (χ1v) is 13.3. The van der Waals surface area contributed by atoms with E-state index in [-0.39, 0.29) is 6.04 Å². The number of hydrazine groups is 1. The summed E-state index contributed by atoms with van der Waals surface area (Å²) in [6.07, 6.45) is 4.41. The second-order valence-corrected chi connectivity index (χ2v) is 9.18. The van der Waals surface area contributed by atoms with Crippen LogP contribution in [0.3, 0.4) is 0 Å². The molecule has 1 aliphatic heterocycles. The van der Waals surface area contributed by atoms with Gasteiger partial charge in [-0.1, -0.05) is 48.5 Å². The van der Waals surface area contributed by atoms with Gasteiger partial charge in [0.05, 0.1) is 17.4 Å². The topological polar surface area (TPSA) is 21.8 Å². The second-order valence-electron chi connectivity index (χ2n) is 9.18. The van der Waals surface area contributed by atoms with Crippen molar-refractivity contribution < 1.29 is 0 Å². The Morgan fingerprint density at radius 3 is 1.75 bits per heavy atom. The normalized spacial score (nSPS) is 15.5. The van der Waals surface area contributed by atoms with Gasteiger partial charge in [0.25, 0.3) is 0 Å². The van der Waals surface area contributed by atoms with E-state index >= 15 is 0 Å². The van der Waals surface area contributed by atoms with Gasteiger partial charge in [-0.2, -0.15) is 0 Å². The first-order chi connectivity index (χ1) is 17.6. The molecule has 1 atom stereocenters. The van der Waals surface area contributed by atoms with E-state index in [1.807, 2.05) is 0 Å². The van der Waals surface area contributed by atoms with Gasteiger partial charge in [-0.3, -0.25) is 10.4 Å². The van der Waals surface area contributed by atoms with Crippen LogP contribution in [0.2, 0.25) is 0 Å². The summed E-state index contributed by atoms with van der Waals surface area (Å²) in [5.41, 5.74) is 12.3. The van der Waals surface area contributed by atoms with Gasteiger partial charge in [0, 0.05) is 37.6 Å². The van der Waals surface area contributed by atoms with E-state index in [1.165, 1.54) is 28.1 Å². The van der Waals surface area contributed by atoms with Gasteiger partial charge in [-0.05, 0) is 93.8 Å². The molecule has 1 unspecified atom stereocenters. The largest absolute Gasteiger partial charge is 0.372 e. The Balaban J connectivity index is 1.62. The van der Waals surface area contributed by atoms with E-state index in [2.05, 4.69) is 146 Å². The Kier molecular flexibility index (Phi) is 8.37. The van der Waals surface area contributed by atoms with Gasteiger partial charge in [-0.25, -0.2) is 0 Å². The molecule has 188 valence electrons. The molecule has 0 aromatic heterocycles. The summed E-state index contributed by atoms with van der Waals surface area (Å²) in [6, 6.07) is 28.6. The lowest BCUT2D eigenvalue weighted by Crippen LogP contribution is -2.34. The Labute approximate surface area is 217 Å². The Morgan fingerprint density at radius 2 is 1.22 bits per heavy atom. The van der Waals surface area contributed by atoms with Crippen molar-refractivity contribution in [3.05, 3.63) is 107 Å². The third-order valence-electron chi connectivity index (χ3n) is 7.17. The summed E-state index contributed by atoms with van der Waals surface area (Å²) in [7, 11) is 0. The summed E-state index contributed by atoms with van der Waals surface area (Å²) in [4.78, 5) is 4.75. The average molecular weight is 481 g/mol. The third-order valence-corrected chi connectivity index (χ3v) is 7.17.